The molecule has 1 aliphatic carbocycles. The van der Waals surface area contributed by atoms with Gasteiger partial charge in [0.1, 0.15) is 17.8 Å². The summed E-state index contributed by atoms with van der Waals surface area (Å²) in [5.41, 5.74) is -0.879. The van der Waals surface area contributed by atoms with Crippen molar-refractivity contribution in [1.82, 2.24) is 23.9 Å². The van der Waals surface area contributed by atoms with E-state index in [1.807, 2.05) is 0 Å². The van der Waals surface area contributed by atoms with Crippen LogP contribution in [0.2, 0.25) is 30.7 Å². The number of pyridine rings is 1. The predicted molar refractivity (Wildman–Crippen MR) is 130 cm³/mol. The van der Waals surface area contributed by atoms with Crippen molar-refractivity contribution < 1.29 is 26.3 Å². The number of hydrogen-bond acceptors (Lipinski definition) is 7. The lowest BCUT2D eigenvalue weighted by Crippen LogP contribution is -2.44. The number of nitrogens with zero attached hydrogens (tertiary/aromatic N) is 5. The van der Waals surface area contributed by atoms with E-state index in [2.05, 4.69) is 34.8 Å². The maximum Gasteiger partial charge on any atom is 0.291 e. The van der Waals surface area contributed by atoms with Crippen molar-refractivity contribution in [2.24, 2.45) is 0 Å². The molecular formula is C20H25ClF3N5O3S2Si. The average Bonchev–Trinajstić information content (AvgIpc) is 3.15. The van der Waals surface area contributed by atoms with Gasteiger partial charge < -0.3 is 4.74 Å². The monoisotopic (exact) mass is 567 g/mol. The number of halogens is 4. The van der Waals surface area contributed by atoms with Gasteiger partial charge in [-0.25, -0.2) is 26.6 Å². The molecule has 4 rings (SSSR count). The van der Waals surface area contributed by atoms with E-state index >= 15 is 0 Å². The van der Waals surface area contributed by atoms with E-state index in [4.69, 9.17) is 16.3 Å². The zero-order valence-corrected chi connectivity index (χ0v) is 22.9. The summed E-state index contributed by atoms with van der Waals surface area (Å²) in [6.07, 6.45) is -1.41. The van der Waals surface area contributed by atoms with Crippen molar-refractivity contribution in [1.29, 1.82) is 0 Å². The first kappa shape index (κ1) is 26.5. The topological polar surface area (TPSA) is 89.7 Å². The fourth-order valence-corrected chi connectivity index (χ4v) is 6.93. The first-order valence-electron chi connectivity index (χ1n) is 10.8. The molecule has 192 valence electrons. The third-order valence-electron chi connectivity index (χ3n) is 5.86. The molecule has 0 saturated heterocycles. The third kappa shape index (κ3) is 5.27. The molecular weight excluding hydrogens is 543 g/mol. The van der Waals surface area contributed by atoms with Gasteiger partial charge in [0, 0.05) is 27.3 Å². The normalized spacial score (nSPS) is 20.9. The lowest BCUT2D eigenvalue weighted by Gasteiger charge is -2.28. The standard InChI is InChI=1S/C20H25ClF3N5O3S2Si/c1-20(8-15(20)22)29(11-32-5-6-35(2,3)4)34(30,31)12-7-13(21)14-9-25-17(28(14)10-12)19-27-26-18(33-19)16(23)24/h7,9-10,15-16H,5-6,8,11H2,1-4H3/t15-,20+/m1/s1. The van der Waals surface area contributed by atoms with Crippen LogP contribution in [0.4, 0.5) is 13.2 Å². The average molecular weight is 568 g/mol. The summed E-state index contributed by atoms with van der Waals surface area (Å²) in [5.74, 6) is 0.113. The molecule has 3 heterocycles. The molecule has 1 aliphatic rings. The Morgan fingerprint density at radius 1 is 1.37 bits per heavy atom. The van der Waals surface area contributed by atoms with Crippen LogP contribution in [0.25, 0.3) is 16.3 Å². The van der Waals surface area contributed by atoms with Gasteiger partial charge >= 0.3 is 0 Å². The second-order valence-corrected chi connectivity index (χ2v) is 18.7. The maximum atomic E-state index is 14.3. The van der Waals surface area contributed by atoms with E-state index < -0.39 is 41.2 Å². The molecule has 0 radical (unpaired) electrons. The fourth-order valence-electron chi connectivity index (χ4n) is 3.45. The third-order valence-corrected chi connectivity index (χ3v) is 10.7. The molecule has 0 unspecified atom stereocenters. The number of imidazole rings is 1. The second kappa shape index (κ2) is 9.38. The van der Waals surface area contributed by atoms with Crippen molar-refractivity contribution in [3.05, 3.63) is 28.5 Å². The van der Waals surface area contributed by atoms with Crippen LogP contribution in [0.1, 0.15) is 24.8 Å². The highest BCUT2D eigenvalue weighted by Crippen LogP contribution is 2.47. The number of fused-ring (bicyclic) bond motifs is 1. The van der Waals surface area contributed by atoms with Crippen molar-refractivity contribution in [2.45, 2.75) is 62.1 Å². The molecule has 0 aliphatic heterocycles. The van der Waals surface area contributed by atoms with Gasteiger partial charge in [-0.15, -0.1) is 10.2 Å². The number of alkyl halides is 3. The molecule has 3 aromatic rings. The zero-order valence-electron chi connectivity index (χ0n) is 19.5. The fraction of sp³-hybridized carbons (Fsp3) is 0.550. The smallest absolute Gasteiger partial charge is 0.291 e. The molecule has 1 saturated carbocycles. The number of hydrogen-bond donors (Lipinski definition) is 0. The van der Waals surface area contributed by atoms with Crippen LogP contribution >= 0.6 is 22.9 Å². The highest BCUT2D eigenvalue weighted by atomic mass is 35.5. The Morgan fingerprint density at radius 2 is 2.06 bits per heavy atom. The summed E-state index contributed by atoms with van der Waals surface area (Å²) < 4.78 is 75.7. The predicted octanol–water partition coefficient (Wildman–Crippen LogP) is 5.25. The second-order valence-electron chi connectivity index (χ2n) is 9.84. The number of aromatic nitrogens is 4. The van der Waals surface area contributed by atoms with Gasteiger partial charge in [0.2, 0.25) is 10.0 Å². The lowest BCUT2D eigenvalue weighted by atomic mass is 10.3. The molecule has 8 nitrogen and oxygen atoms in total. The van der Waals surface area contributed by atoms with Crippen LogP contribution in [0.5, 0.6) is 0 Å². The number of rotatable bonds is 10. The molecule has 0 amide bonds. The molecule has 0 spiro atoms. The van der Waals surface area contributed by atoms with Crippen molar-refractivity contribution in [3.8, 4) is 10.8 Å². The van der Waals surface area contributed by atoms with Gasteiger partial charge in [-0.2, -0.15) is 4.31 Å². The van der Waals surface area contributed by atoms with E-state index in [9.17, 15) is 21.6 Å². The minimum absolute atomic E-state index is 0.0527. The quantitative estimate of drug-likeness (QED) is 0.189. The summed E-state index contributed by atoms with van der Waals surface area (Å²) in [7, 11) is -5.66. The highest BCUT2D eigenvalue weighted by molar-refractivity contribution is 7.89. The van der Waals surface area contributed by atoms with Gasteiger partial charge in [-0.05, 0) is 19.0 Å². The summed E-state index contributed by atoms with van der Waals surface area (Å²) in [6.45, 7) is 8.12. The molecule has 3 aromatic heterocycles. The van der Waals surface area contributed by atoms with E-state index in [-0.39, 0.29) is 33.9 Å². The Hall–Kier alpha value is -1.58. The van der Waals surface area contributed by atoms with Crippen LogP contribution in [-0.4, -0.2) is 65.4 Å². The summed E-state index contributed by atoms with van der Waals surface area (Å²) in [4.78, 5) is 3.97. The van der Waals surface area contributed by atoms with Gasteiger partial charge in [0.05, 0.1) is 22.3 Å². The first-order valence-corrected chi connectivity index (χ1v) is 17.1. The molecule has 1 fully saturated rings. The Balaban J connectivity index is 1.71. The van der Waals surface area contributed by atoms with Crippen LogP contribution < -0.4 is 0 Å². The van der Waals surface area contributed by atoms with Crippen LogP contribution in [0.15, 0.2) is 23.4 Å². The Bertz CT molecular complexity index is 1350. The Labute approximate surface area is 211 Å². The highest BCUT2D eigenvalue weighted by Gasteiger charge is 2.59. The zero-order chi connectivity index (χ0) is 25.8. The maximum absolute atomic E-state index is 14.3. The van der Waals surface area contributed by atoms with Crippen molar-refractivity contribution in [3.63, 3.8) is 0 Å². The molecule has 0 N–H and O–H groups in total. The lowest BCUT2D eigenvalue weighted by molar-refractivity contribution is 0.0532. The van der Waals surface area contributed by atoms with Crippen LogP contribution in [0, 0.1) is 0 Å². The Morgan fingerprint density at radius 3 is 2.63 bits per heavy atom. The van der Waals surface area contributed by atoms with Gasteiger partial charge in [0.15, 0.2) is 15.8 Å². The largest absolute Gasteiger partial charge is 0.365 e. The minimum Gasteiger partial charge on any atom is -0.365 e. The Kier molecular flexibility index (Phi) is 7.09. The van der Waals surface area contributed by atoms with Gasteiger partial charge in [-0.1, -0.05) is 42.6 Å². The van der Waals surface area contributed by atoms with Gasteiger partial charge in [0.25, 0.3) is 6.43 Å². The van der Waals surface area contributed by atoms with E-state index in [0.717, 1.165) is 10.3 Å². The van der Waals surface area contributed by atoms with Crippen molar-refractivity contribution in [2.75, 3.05) is 13.3 Å². The summed E-state index contributed by atoms with van der Waals surface area (Å²) in [5, 5.41) is 6.88. The molecule has 15 heteroatoms. The summed E-state index contributed by atoms with van der Waals surface area (Å²) in [6, 6.07) is 2.09. The number of sulfonamides is 1. The molecule has 35 heavy (non-hydrogen) atoms. The molecule has 0 aromatic carbocycles. The number of ether oxygens (including phenoxy) is 1. The minimum atomic E-state index is -4.25. The van der Waals surface area contributed by atoms with E-state index in [1.165, 1.54) is 29.8 Å². The first-order chi connectivity index (χ1) is 16.2. The SMILES string of the molecule is C[C@]1(N(COCC[Si](C)(C)C)S(=O)(=O)c2cc(Cl)c3cnc(-c4nnc(C(F)F)s4)n3c2)C[C@H]1F. The van der Waals surface area contributed by atoms with E-state index in [0.29, 0.717) is 23.5 Å². The van der Waals surface area contributed by atoms with Crippen LogP contribution in [-0.2, 0) is 14.8 Å². The van der Waals surface area contributed by atoms with E-state index in [1.54, 1.807) is 0 Å². The van der Waals surface area contributed by atoms with Crippen molar-refractivity contribution >= 4 is 46.6 Å². The molecule has 0 bridgehead atoms. The van der Waals surface area contributed by atoms with Gasteiger partial charge in [-0.3, -0.25) is 4.40 Å². The van der Waals surface area contributed by atoms with Crippen LogP contribution in [0.3, 0.4) is 0 Å². The molecule has 2 atom stereocenters. The summed E-state index contributed by atoms with van der Waals surface area (Å²) >= 11 is 7.01.